The summed E-state index contributed by atoms with van der Waals surface area (Å²) in [5, 5.41) is 0. The third-order valence-corrected chi connectivity index (χ3v) is 7.15. The van der Waals surface area contributed by atoms with Gasteiger partial charge >= 0.3 is 11.9 Å². The second-order valence-electron chi connectivity index (χ2n) is 10.5. The van der Waals surface area contributed by atoms with E-state index in [2.05, 4.69) is 10.9 Å². The van der Waals surface area contributed by atoms with Gasteiger partial charge in [-0.1, -0.05) is 60.7 Å². The van der Waals surface area contributed by atoms with Gasteiger partial charge in [-0.2, -0.15) is 0 Å². The van der Waals surface area contributed by atoms with Gasteiger partial charge in [0.2, 0.25) is 0 Å². The van der Waals surface area contributed by atoms with Crippen molar-refractivity contribution >= 4 is 20.5 Å². The van der Waals surface area contributed by atoms with Crippen molar-refractivity contribution in [3.05, 3.63) is 131 Å². The number of esters is 2. The van der Waals surface area contributed by atoms with Crippen molar-refractivity contribution < 1.29 is 28.1 Å². The van der Waals surface area contributed by atoms with Crippen LogP contribution in [0.3, 0.4) is 0 Å². The molecule has 0 spiro atoms. The minimum atomic E-state index is -1.60. The fourth-order valence-electron chi connectivity index (χ4n) is 3.82. The molecule has 0 radical (unpaired) electrons. The molecule has 10 heteroatoms. The molecular formula is C34H38N3O6P. The normalized spacial score (nSPS) is 11.4. The standard InChI is InChI=1S/C34H38N3O6P/c1-25(2)35-37(36-26(3)4)44(40-23-27-15-19-31(20-16-27)42-33(38)29-11-7-5-8-12-29)41-24-28-17-21-32(22-18-28)43-34(39)30-13-9-6-10-14-30/h5-22,25-26,35-36H,23-24H2,1-4H3. The molecule has 230 valence electrons. The number of carbonyl (C=O) groups is 2. The largest absolute Gasteiger partial charge is 0.423 e. The van der Waals surface area contributed by atoms with Crippen LogP contribution in [-0.4, -0.2) is 28.9 Å². The van der Waals surface area contributed by atoms with Crippen LogP contribution in [0.15, 0.2) is 109 Å². The van der Waals surface area contributed by atoms with Crippen LogP contribution < -0.4 is 20.3 Å². The molecule has 9 nitrogen and oxygen atoms in total. The van der Waals surface area contributed by atoms with Gasteiger partial charge in [0.15, 0.2) is 0 Å². The quantitative estimate of drug-likeness (QED) is 0.0622. The zero-order valence-electron chi connectivity index (χ0n) is 25.3. The van der Waals surface area contributed by atoms with Crippen molar-refractivity contribution in [2.45, 2.75) is 53.0 Å². The molecule has 0 heterocycles. The number of nitrogens with zero attached hydrogens (tertiary/aromatic N) is 1. The van der Waals surface area contributed by atoms with Crippen molar-refractivity contribution in [1.82, 2.24) is 15.7 Å². The molecule has 0 amide bonds. The SMILES string of the molecule is CC(C)NN(NC(C)C)P(OCc1ccc(OC(=O)c2ccccc2)cc1)OCc1ccc(OC(=O)c2ccccc2)cc1. The van der Waals surface area contributed by atoms with Crippen LogP contribution in [0.25, 0.3) is 0 Å². The number of carbonyl (C=O) groups excluding carboxylic acids is 2. The first-order valence-electron chi connectivity index (χ1n) is 14.4. The number of benzene rings is 4. The Morgan fingerprint density at radius 3 is 1.30 bits per heavy atom. The molecule has 4 aromatic rings. The average molecular weight is 616 g/mol. The second kappa shape index (κ2) is 16.8. The number of nitrogens with one attached hydrogen (secondary N) is 2. The van der Waals surface area contributed by atoms with E-state index in [1.807, 2.05) is 64.1 Å². The molecule has 4 rings (SSSR count). The molecule has 2 N–H and O–H groups in total. The van der Waals surface area contributed by atoms with E-state index >= 15 is 0 Å². The molecule has 0 saturated heterocycles. The molecule has 44 heavy (non-hydrogen) atoms. The fourth-order valence-corrected chi connectivity index (χ4v) is 5.30. The summed E-state index contributed by atoms with van der Waals surface area (Å²) in [7, 11) is -1.60. The van der Waals surface area contributed by atoms with E-state index in [1.165, 1.54) is 0 Å². The number of hydrogen-bond acceptors (Lipinski definition) is 9. The lowest BCUT2D eigenvalue weighted by atomic mass is 10.2. The summed E-state index contributed by atoms with van der Waals surface area (Å²) < 4.78 is 23.6. The maximum absolute atomic E-state index is 12.4. The van der Waals surface area contributed by atoms with Gasteiger partial charge in [0.05, 0.1) is 24.3 Å². The van der Waals surface area contributed by atoms with E-state index in [4.69, 9.17) is 18.5 Å². The zero-order valence-corrected chi connectivity index (χ0v) is 26.2. The van der Waals surface area contributed by atoms with Crippen LogP contribution >= 0.6 is 8.53 Å². The Morgan fingerprint density at radius 2 is 0.955 bits per heavy atom. The summed E-state index contributed by atoms with van der Waals surface area (Å²) in [4.78, 5) is 26.5. The van der Waals surface area contributed by atoms with Gasteiger partial charge in [-0.15, -0.1) is 4.89 Å². The molecule has 4 aromatic carbocycles. The molecule has 0 atom stereocenters. The molecule has 0 aliphatic heterocycles. The van der Waals surface area contributed by atoms with Gasteiger partial charge < -0.3 is 18.5 Å². The Balaban J connectivity index is 1.38. The molecule has 0 aromatic heterocycles. The first-order valence-corrected chi connectivity index (χ1v) is 15.5. The highest BCUT2D eigenvalue weighted by atomic mass is 31.2. The second-order valence-corrected chi connectivity index (χ2v) is 11.9. The summed E-state index contributed by atoms with van der Waals surface area (Å²) in [6, 6.07) is 32.3. The van der Waals surface area contributed by atoms with Gasteiger partial charge in [0.1, 0.15) is 11.5 Å². The Hall–Kier alpha value is -3.95. The lowest BCUT2D eigenvalue weighted by Crippen LogP contribution is -2.50. The van der Waals surface area contributed by atoms with E-state index in [1.54, 1.807) is 77.7 Å². The number of ether oxygens (including phenoxy) is 2. The maximum Gasteiger partial charge on any atom is 0.343 e. The first-order chi connectivity index (χ1) is 21.3. The smallest absolute Gasteiger partial charge is 0.343 e. The van der Waals surface area contributed by atoms with Crippen molar-refractivity contribution in [2.75, 3.05) is 0 Å². The molecular weight excluding hydrogens is 577 g/mol. The van der Waals surface area contributed by atoms with Crippen LogP contribution in [0.1, 0.15) is 59.5 Å². The summed E-state index contributed by atoms with van der Waals surface area (Å²) in [6.45, 7) is 8.67. The number of rotatable bonds is 15. The molecule has 0 aliphatic carbocycles. The summed E-state index contributed by atoms with van der Waals surface area (Å²) in [5.74, 6) is 0.0697. The third kappa shape index (κ3) is 10.6. The minimum Gasteiger partial charge on any atom is -0.423 e. The van der Waals surface area contributed by atoms with Gasteiger partial charge in [-0.3, -0.25) is 0 Å². The van der Waals surface area contributed by atoms with Gasteiger partial charge in [-0.05, 0) is 87.4 Å². The summed E-state index contributed by atoms with van der Waals surface area (Å²) in [5.41, 5.74) is 9.48. The first kappa shape index (κ1) is 33.0. The molecule has 0 aliphatic rings. The molecule has 0 saturated carbocycles. The number of hydrogen-bond donors (Lipinski definition) is 2. The van der Waals surface area contributed by atoms with E-state index in [0.29, 0.717) is 22.6 Å². The van der Waals surface area contributed by atoms with Crippen LogP contribution in [0.2, 0.25) is 0 Å². The highest BCUT2D eigenvalue weighted by molar-refractivity contribution is 7.44. The Bertz CT molecular complexity index is 1340. The van der Waals surface area contributed by atoms with Crippen LogP contribution in [-0.2, 0) is 22.3 Å². The highest BCUT2D eigenvalue weighted by Crippen LogP contribution is 2.42. The van der Waals surface area contributed by atoms with E-state index < -0.39 is 20.5 Å². The summed E-state index contributed by atoms with van der Waals surface area (Å²) >= 11 is 0. The van der Waals surface area contributed by atoms with Crippen molar-refractivity contribution in [3.8, 4) is 11.5 Å². The van der Waals surface area contributed by atoms with Gasteiger partial charge in [0, 0.05) is 12.1 Å². The molecule has 0 bridgehead atoms. The van der Waals surface area contributed by atoms with Gasteiger partial charge in [-0.25, -0.2) is 20.4 Å². The van der Waals surface area contributed by atoms with Crippen LogP contribution in [0.4, 0.5) is 0 Å². The van der Waals surface area contributed by atoms with Crippen molar-refractivity contribution in [1.29, 1.82) is 0 Å². The average Bonchev–Trinajstić information content (AvgIpc) is 3.02. The minimum absolute atomic E-state index is 0.121. The zero-order chi connectivity index (χ0) is 31.3. The monoisotopic (exact) mass is 615 g/mol. The third-order valence-electron chi connectivity index (χ3n) is 5.89. The Labute approximate surface area is 260 Å². The van der Waals surface area contributed by atoms with Crippen molar-refractivity contribution in [2.24, 2.45) is 0 Å². The Morgan fingerprint density at radius 1 is 0.591 bits per heavy atom. The predicted molar refractivity (Wildman–Crippen MR) is 171 cm³/mol. The lowest BCUT2D eigenvalue weighted by molar-refractivity contribution is 0.0725. The van der Waals surface area contributed by atoms with Crippen LogP contribution in [0, 0.1) is 0 Å². The topological polar surface area (TPSA) is 98.4 Å². The predicted octanol–water partition coefficient (Wildman–Crippen LogP) is 7.21. The Kier molecular flexibility index (Phi) is 12.6. The maximum atomic E-state index is 12.4. The molecule has 0 fully saturated rings. The number of hydrazine groups is 2. The van der Waals surface area contributed by atoms with Crippen molar-refractivity contribution in [3.63, 3.8) is 0 Å². The lowest BCUT2D eigenvalue weighted by Gasteiger charge is -2.33. The highest BCUT2D eigenvalue weighted by Gasteiger charge is 2.24. The van der Waals surface area contributed by atoms with Gasteiger partial charge in [0.25, 0.3) is 8.53 Å². The molecule has 0 unspecified atom stereocenters. The van der Waals surface area contributed by atoms with Crippen LogP contribution in [0.5, 0.6) is 11.5 Å². The van der Waals surface area contributed by atoms with E-state index in [9.17, 15) is 9.59 Å². The van der Waals surface area contributed by atoms with E-state index in [-0.39, 0.29) is 25.3 Å². The van der Waals surface area contributed by atoms with E-state index in [0.717, 1.165) is 11.1 Å². The summed E-state index contributed by atoms with van der Waals surface area (Å²) in [6.07, 6.45) is 0. The fraction of sp³-hybridized carbons (Fsp3) is 0.235.